The van der Waals surface area contributed by atoms with Crippen molar-refractivity contribution >= 4 is 34.7 Å². The van der Waals surface area contributed by atoms with E-state index >= 15 is 0 Å². The molecule has 0 saturated carbocycles. The number of anilines is 2. The van der Waals surface area contributed by atoms with E-state index in [1.54, 1.807) is 18.2 Å². The summed E-state index contributed by atoms with van der Waals surface area (Å²) in [5.74, 6) is -1.35. The van der Waals surface area contributed by atoms with Crippen molar-refractivity contribution in [1.29, 1.82) is 5.26 Å². The Morgan fingerprint density at radius 3 is 2.62 bits per heavy atom. The van der Waals surface area contributed by atoms with Crippen LogP contribution in [0.4, 0.5) is 20.2 Å². The molecule has 0 bridgehead atoms. The number of rotatable bonds is 3. The third-order valence-corrected chi connectivity index (χ3v) is 3.39. The van der Waals surface area contributed by atoms with Crippen LogP contribution in [0.5, 0.6) is 5.75 Å². The molecule has 7 heteroatoms. The van der Waals surface area contributed by atoms with Crippen LogP contribution in [0, 0.1) is 23.0 Å². The van der Waals surface area contributed by atoms with E-state index in [2.05, 4.69) is 10.3 Å². The van der Waals surface area contributed by atoms with E-state index < -0.39 is 11.6 Å². The average molecular weight is 348 g/mol. The number of nitriles is 1. The monoisotopic (exact) mass is 347 g/mol. The molecule has 0 unspecified atom stereocenters. The van der Waals surface area contributed by atoms with Gasteiger partial charge in [-0.15, -0.1) is 12.4 Å². The normalized spacial score (nSPS) is 9.92. The van der Waals surface area contributed by atoms with Crippen LogP contribution in [0.1, 0.15) is 5.56 Å². The molecule has 1 aromatic heterocycles. The standard InChI is InChI=1S/C17H11F2N3O.ClH/c1-23-15-4-2-3-12-16(10(8-20)9-21-17(12)15)22-11-5-6-13(18)14(19)7-11;/h2-7,9H,1H3,(H,21,22);1H. The van der Waals surface area contributed by atoms with E-state index in [0.29, 0.717) is 28.0 Å². The fraction of sp³-hybridized carbons (Fsp3) is 0.0588. The van der Waals surface area contributed by atoms with Gasteiger partial charge in [0.15, 0.2) is 11.6 Å². The summed E-state index contributed by atoms with van der Waals surface area (Å²) in [5.41, 5.74) is 1.65. The lowest BCUT2D eigenvalue weighted by atomic mass is 10.1. The minimum absolute atomic E-state index is 0. The van der Waals surface area contributed by atoms with Gasteiger partial charge in [-0.2, -0.15) is 5.26 Å². The van der Waals surface area contributed by atoms with Crippen LogP contribution < -0.4 is 10.1 Å². The van der Waals surface area contributed by atoms with Gasteiger partial charge in [0.05, 0.1) is 18.4 Å². The molecule has 0 aliphatic heterocycles. The molecule has 4 nitrogen and oxygen atoms in total. The van der Waals surface area contributed by atoms with Crippen LogP contribution in [0.2, 0.25) is 0 Å². The first-order valence-corrected chi connectivity index (χ1v) is 6.72. The van der Waals surface area contributed by atoms with E-state index in [-0.39, 0.29) is 18.0 Å². The quantitative estimate of drug-likeness (QED) is 0.754. The Kier molecular flexibility index (Phi) is 5.17. The molecule has 3 rings (SSSR count). The lowest BCUT2D eigenvalue weighted by Gasteiger charge is -2.13. The summed E-state index contributed by atoms with van der Waals surface area (Å²) in [6.45, 7) is 0. The fourth-order valence-corrected chi connectivity index (χ4v) is 2.30. The highest BCUT2D eigenvalue weighted by Crippen LogP contribution is 2.33. The molecule has 1 N–H and O–H groups in total. The maximum Gasteiger partial charge on any atom is 0.160 e. The Morgan fingerprint density at radius 2 is 1.96 bits per heavy atom. The van der Waals surface area contributed by atoms with Crippen LogP contribution in [0.25, 0.3) is 10.9 Å². The van der Waals surface area contributed by atoms with Crippen molar-refractivity contribution in [3.8, 4) is 11.8 Å². The van der Waals surface area contributed by atoms with Crippen molar-refractivity contribution < 1.29 is 13.5 Å². The number of nitrogens with zero attached hydrogens (tertiary/aromatic N) is 2. The molecular weight excluding hydrogens is 336 g/mol. The zero-order chi connectivity index (χ0) is 16.4. The zero-order valence-corrected chi connectivity index (χ0v) is 13.3. The molecule has 0 radical (unpaired) electrons. The van der Waals surface area contributed by atoms with Crippen molar-refractivity contribution in [3.05, 3.63) is 59.8 Å². The highest BCUT2D eigenvalue weighted by atomic mass is 35.5. The molecule has 3 aromatic rings. The molecular formula is C17H12ClF2N3O. The van der Waals surface area contributed by atoms with Crippen molar-refractivity contribution in [2.45, 2.75) is 0 Å². The molecule has 0 spiro atoms. The Morgan fingerprint density at radius 1 is 1.17 bits per heavy atom. The Bertz CT molecular complexity index is 941. The number of hydrogen-bond donors (Lipinski definition) is 1. The predicted molar refractivity (Wildman–Crippen MR) is 89.9 cm³/mol. The smallest absolute Gasteiger partial charge is 0.160 e. The summed E-state index contributed by atoms with van der Waals surface area (Å²) in [6, 6.07) is 10.8. The van der Waals surface area contributed by atoms with Gasteiger partial charge in [0, 0.05) is 23.3 Å². The Balaban J connectivity index is 0.00000208. The van der Waals surface area contributed by atoms with Crippen LogP contribution in [-0.2, 0) is 0 Å². The van der Waals surface area contributed by atoms with Gasteiger partial charge in [0.2, 0.25) is 0 Å². The Labute approximate surface area is 143 Å². The number of fused-ring (bicyclic) bond motifs is 1. The lowest BCUT2D eigenvalue weighted by molar-refractivity contribution is 0.419. The van der Waals surface area contributed by atoms with Crippen LogP contribution in [0.15, 0.2) is 42.6 Å². The predicted octanol–water partition coefficient (Wildman–Crippen LogP) is 4.56. The van der Waals surface area contributed by atoms with Crippen molar-refractivity contribution in [3.63, 3.8) is 0 Å². The number of methoxy groups -OCH3 is 1. The second-order valence-electron chi connectivity index (χ2n) is 4.77. The second kappa shape index (κ2) is 7.11. The molecule has 0 aliphatic rings. The summed E-state index contributed by atoms with van der Waals surface area (Å²) in [6.07, 6.45) is 1.41. The first-order valence-electron chi connectivity index (χ1n) is 6.72. The fourth-order valence-electron chi connectivity index (χ4n) is 2.30. The first kappa shape index (κ1) is 17.4. The molecule has 0 saturated heterocycles. The number of halogens is 3. The number of nitrogens with one attached hydrogen (secondary N) is 1. The van der Waals surface area contributed by atoms with E-state index in [1.165, 1.54) is 19.4 Å². The Hall–Kier alpha value is -2.91. The summed E-state index contributed by atoms with van der Waals surface area (Å²) < 4.78 is 31.7. The molecule has 2 aromatic carbocycles. The maximum atomic E-state index is 13.4. The van der Waals surface area contributed by atoms with Crippen molar-refractivity contribution in [2.24, 2.45) is 0 Å². The van der Waals surface area contributed by atoms with Gasteiger partial charge in [-0.1, -0.05) is 12.1 Å². The van der Waals surface area contributed by atoms with E-state index in [4.69, 9.17) is 4.74 Å². The van der Waals surface area contributed by atoms with Gasteiger partial charge < -0.3 is 10.1 Å². The van der Waals surface area contributed by atoms with Crippen molar-refractivity contribution in [2.75, 3.05) is 12.4 Å². The lowest BCUT2D eigenvalue weighted by Crippen LogP contribution is -1.99. The number of benzene rings is 2. The van der Waals surface area contributed by atoms with Crippen LogP contribution >= 0.6 is 12.4 Å². The molecule has 0 fully saturated rings. The summed E-state index contributed by atoms with van der Waals surface area (Å²) in [4.78, 5) is 4.24. The van der Waals surface area contributed by atoms with Gasteiger partial charge >= 0.3 is 0 Å². The van der Waals surface area contributed by atoms with Gasteiger partial charge in [-0.05, 0) is 18.2 Å². The SMILES string of the molecule is COc1cccc2c(Nc3ccc(F)c(F)c3)c(C#N)cnc12.Cl. The molecule has 0 amide bonds. The molecule has 1 heterocycles. The van der Waals surface area contributed by atoms with Crippen molar-refractivity contribution in [1.82, 2.24) is 4.98 Å². The summed E-state index contributed by atoms with van der Waals surface area (Å²) in [7, 11) is 1.52. The number of ether oxygens (including phenoxy) is 1. The van der Waals surface area contributed by atoms with Gasteiger partial charge in [0.1, 0.15) is 17.3 Å². The molecule has 24 heavy (non-hydrogen) atoms. The minimum atomic E-state index is -0.968. The molecule has 0 aliphatic carbocycles. The van der Waals surface area contributed by atoms with Gasteiger partial charge in [-0.3, -0.25) is 4.98 Å². The minimum Gasteiger partial charge on any atom is -0.494 e. The maximum absolute atomic E-state index is 13.4. The first-order chi connectivity index (χ1) is 11.1. The van der Waals surface area contributed by atoms with E-state index in [1.807, 2.05) is 6.07 Å². The summed E-state index contributed by atoms with van der Waals surface area (Å²) in [5, 5.41) is 12.9. The average Bonchev–Trinajstić information content (AvgIpc) is 2.57. The molecule has 122 valence electrons. The van der Waals surface area contributed by atoms with Crippen LogP contribution in [0.3, 0.4) is 0 Å². The zero-order valence-electron chi connectivity index (χ0n) is 12.5. The topological polar surface area (TPSA) is 57.9 Å². The third-order valence-electron chi connectivity index (χ3n) is 3.39. The third kappa shape index (κ3) is 3.07. The number of para-hydroxylation sites is 1. The van der Waals surface area contributed by atoms with E-state index in [0.717, 1.165) is 12.1 Å². The number of pyridine rings is 1. The van der Waals surface area contributed by atoms with Gasteiger partial charge in [0.25, 0.3) is 0 Å². The van der Waals surface area contributed by atoms with E-state index in [9.17, 15) is 14.0 Å². The second-order valence-corrected chi connectivity index (χ2v) is 4.77. The largest absolute Gasteiger partial charge is 0.494 e. The summed E-state index contributed by atoms with van der Waals surface area (Å²) >= 11 is 0. The number of hydrogen-bond acceptors (Lipinski definition) is 4. The molecule has 0 atom stereocenters. The highest BCUT2D eigenvalue weighted by molar-refractivity contribution is 5.98. The van der Waals surface area contributed by atoms with Crippen LogP contribution in [-0.4, -0.2) is 12.1 Å². The highest BCUT2D eigenvalue weighted by Gasteiger charge is 2.13. The number of aromatic nitrogens is 1. The van der Waals surface area contributed by atoms with Gasteiger partial charge in [-0.25, -0.2) is 8.78 Å².